The third kappa shape index (κ3) is 3.87. The lowest BCUT2D eigenvalue weighted by atomic mass is 10.0. The van der Waals surface area contributed by atoms with Crippen LogP contribution in [0.4, 0.5) is 11.4 Å². The highest BCUT2D eigenvalue weighted by Gasteiger charge is 2.35. The highest BCUT2D eigenvalue weighted by molar-refractivity contribution is 6.03. The number of carbonyl (C=O) groups is 2. The van der Waals surface area contributed by atoms with Crippen molar-refractivity contribution >= 4 is 23.2 Å². The van der Waals surface area contributed by atoms with Gasteiger partial charge in [-0.2, -0.15) is 0 Å². The molecule has 5 heteroatoms. The maximum atomic E-state index is 12.5. The summed E-state index contributed by atoms with van der Waals surface area (Å²) in [5.41, 5.74) is 2.74. The Kier molecular flexibility index (Phi) is 5.26. The minimum Gasteiger partial charge on any atom is -0.497 e. The maximum absolute atomic E-state index is 12.5. The van der Waals surface area contributed by atoms with Crippen LogP contribution in [0.1, 0.15) is 31.7 Å². The Bertz CT molecular complexity index is 799. The number of methoxy groups -OCH3 is 1. The zero-order valence-electron chi connectivity index (χ0n) is 15.4. The fourth-order valence-electron chi connectivity index (χ4n) is 3.12. The molecule has 1 heterocycles. The highest BCUT2D eigenvalue weighted by Crippen LogP contribution is 2.28. The molecule has 1 aliphatic rings. The number of anilines is 2. The van der Waals surface area contributed by atoms with Crippen molar-refractivity contribution in [2.24, 2.45) is 5.92 Å². The van der Waals surface area contributed by atoms with Crippen molar-refractivity contribution in [3.63, 3.8) is 0 Å². The summed E-state index contributed by atoms with van der Waals surface area (Å²) < 4.78 is 5.17. The van der Waals surface area contributed by atoms with Gasteiger partial charge in [0.1, 0.15) is 5.75 Å². The fourth-order valence-corrected chi connectivity index (χ4v) is 3.12. The zero-order valence-corrected chi connectivity index (χ0v) is 15.4. The Labute approximate surface area is 154 Å². The lowest BCUT2D eigenvalue weighted by Crippen LogP contribution is -2.28. The molecule has 0 radical (unpaired) electrons. The molecule has 1 atom stereocenters. The third-order valence-corrected chi connectivity index (χ3v) is 4.70. The molecule has 136 valence electrons. The number of nitrogens with one attached hydrogen (secondary N) is 1. The summed E-state index contributed by atoms with van der Waals surface area (Å²) in [4.78, 5) is 26.6. The fraction of sp³-hybridized carbons (Fsp3) is 0.333. The second kappa shape index (κ2) is 7.60. The number of ether oxygens (including phenoxy) is 1. The average Bonchev–Trinajstić information content (AvgIpc) is 3.04. The molecular weight excluding hydrogens is 328 g/mol. The van der Waals surface area contributed by atoms with Crippen LogP contribution in [0.3, 0.4) is 0 Å². The summed E-state index contributed by atoms with van der Waals surface area (Å²) in [6.07, 6.45) is 0.224. The van der Waals surface area contributed by atoms with Crippen LogP contribution in [0, 0.1) is 5.92 Å². The molecule has 2 aromatic carbocycles. The molecule has 2 aromatic rings. The van der Waals surface area contributed by atoms with Crippen LogP contribution >= 0.6 is 0 Å². The molecule has 1 saturated heterocycles. The number of amides is 2. The van der Waals surface area contributed by atoms with Crippen LogP contribution in [0.25, 0.3) is 0 Å². The number of hydrogen-bond donors (Lipinski definition) is 1. The molecule has 2 amide bonds. The average molecular weight is 352 g/mol. The van der Waals surface area contributed by atoms with Gasteiger partial charge in [0.25, 0.3) is 0 Å². The van der Waals surface area contributed by atoms with Crippen molar-refractivity contribution in [2.45, 2.75) is 26.2 Å². The first kappa shape index (κ1) is 18.0. The Morgan fingerprint density at radius 3 is 2.58 bits per heavy atom. The van der Waals surface area contributed by atoms with E-state index in [1.165, 1.54) is 5.56 Å². The summed E-state index contributed by atoms with van der Waals surface area (Å²) in [5, 5.41) is 2.88. The smallest absolute Gasteiger partial charge is 0.229 e. The first-order valence-electron chi connectivity index (χ1n) is 8.83. The quantitative estimate of drug-likeness (QED) is 0.890. The van der Waals surface area contributed by atoms with Crippen molar-refractivity contribution in [1.29, 1.82) is 0 Å². The van der Waals surface area contributed by atoms with Crippen molar-refractivity contribution in [1.82, 2.24) is 0 Å². The molecule has 5 nitrogen and oxygen atoms in total. The second-order valence-corrected chi connectivity index (χ2v) is 6.87. The van der Waals surface area contributed by atoms with Crippen LogP contribution in [-0.2, 0) is 9.59 Å². The number of rotatable bonds is 5. The van der Waals surface area contributed by atoms with Crippen molar-refractivity contribution in [3.8, 4) is 5.75 Å². The summed E-state index contributed by atoms with van der Waals surface area (Å²) in [5.74, 6) is 0.594. The predicted molar refractivity (Wildman–Crippen MR) is 103 cm³/mol. The van der Waals surface area contributed by atoms with Gasteiger partial charge in [-0.25, -0.2) is 0 Å². The predicted octanol–water partition coefficient (Wildman–Crippen LogP) is 3.81. The van der Waals surface area contributed by atoms with Gasteiger partial charge in [0.2, 0.25) is 11.8 Å². The Morgan fingerprint density at radius 1 is 1.19 bits per heavy atom. The van der Waals surface area contributed by atoms with E-state index in [9.17, 15) is 9.59 Å². The SMILES string of the molecule is COc1cccc(NC(=O)C2CC(=O)N(c3ccc(C(C)C)cc3)C2)c1. The molecule has 26 heavy (non-hydrogen) atoms. The van der Waals surface area contributed by atoms with Crippen LogP contribution < -0.4 is 15.0 Å². The monoisotopic (exact) mass is 352 g/mol. The molecule has 1 N–H and O–H groups in total. The highest BCUT2D eigenvalue weighted by atomic mass is 16.5. The number of nitrogens with zero attached hydrogens (tertiary/aromatic N) is 1. The van der Waals surface area contributed by atoms with Gasteiger partial charge in [-0.1, -0.05) is 32.0 Å². The molecule has 1 aliphatic heterocycles. The Balaban J connectivity index is 1.67. The molecule has 1 fully saturated rings. The van der Waals surface area contributed by atoms with E-state index in [1.54, 1.807) is 24.1 Å². The lowest BCUT2D eigenvalue weighted by Gasteiger charge is -2.18. The van der Waals surface area contributed by atoms with Gasteiger partial charge in [0, 0.05) is 30.4 Å². The van der Waals surface area contributed by atoms with Gasteiger partial charge in [0.05, 0.1) is 13.0 Å². The molecule has 0 aromatic heterocycles. The molecule has 1 unspecified atom stereocenters. The second-order valence-electron chi connectivity index (χ2n) is 6.87. The largest absolute Gasteiger partial charge is 0.497 e. The molecular formula is C21H24N2O3. The van der Waals surface area contributed by atoms with Gasteiger partial charge >= 0.3 is 0 Å². The molecule has 0 aliphatic carbocycles. The summed E-state index contributed by atoms with van der Waals surface area (Å²) in [6.45, 7) is 4.67. The van der Waals surface area contributed by atoms with Gasteiger partial charge in [0.15, 0.2) is 0 Å². The number of carbonyl (C=O) groups excluding carboxylic acids is 2. The van der Waals surface area contributed by atoms with E-state index in [1.807, 2.05) is 36.4 Å². The van der Waals surface area contributed by atoms with E-state index in [0.29, 0.717) is 23.9 Å². The lowest BCUT2D eigenvalue weighted by molar-refractivity contribution is -0.122. The molecule has 0 spiro atoms. The molecule has 0 saturated carbocycles. The van der Waals surface area contributed by atoms with Crippen LogP contribution in [0.5, 0.6) is 5.75 Å². The zero-order chi connectivity index (χ0) is 18.7. The van der Waals surface area contributed by atoms with E-state index >= 15 is 0 Å². The standard InChI is InChI=1S/C21H24N2O3/c1-14(2)15-7-9-18(10-8-15)23-13-16(11-20(23)24)21(25)22-17-5-4-6-19(12-17)26-3/h4-10,12,14,16H,11,13H2,1-3H3,(H,22,25). The molecule has 0 bridgehead atoms. The van der Waals surface area contributed by atoms with E-state index in [2.05, 4.69) is 19.2 Å². The van der Waals surface area contributed by atoms with Gasteiger partial charge < -0.3 is 15.0 Å². The number of hydrogen-bond acceptors (Lipinski definition) is 3. The topological polar surface area (TPSA) is 58.6 Å². The van der Waals surface area contributed by atoms with Crippen molar-refractivity contribution in [2.75, 3.05) is 23.9 Å². The minimum atomic E-state index is -0.363. The first-order chi connectivity index (χ1) is 12.5. The number of benzene rings is 2. The third-order valence-electron chi connectivity index (χ3n) is 4.70. The summed E-state index contributed by atoms with van der Waals surface area (Å²) >= 11 is 0. The van der Waals surface area contributed by atoms with Crippen molar-refractivity contribution < 1.29 is 14.3 Å². The minimum absolute atomic E-state index is 0.0203. The molecule has 3 rings (SSSR count). The van der Waals surface area contributed by atoms with Crippen LogP contribution in [0.15, 0.2) is 48.5 Å². The van der Waals surface area contributed by atoms with Crippen LogP contribution in [0.2, 0.25) is 0 Å². The summed E-state index contributed by atoms with van der Waals surface area (Å²) in [7, 11) is 1.58. The Morgan fingerprint density at radius 2 is 1.92 bits per heavy atom. The Hall–Kier alpha value is -2.82. The maximum Gasteiger partial charge on any atom is 0.229 e. The van der Waals surface area contributed by atoms with Gasteiger partial charge in [-0.3, -0.25) is 9.59 Å². The van der Waals surface area contributed by atoms with E-state index in [0.717, 1.165) is 5.69 Å². The van der Waals surface area contributed by atoms with E-state index in [4.69, 9.17) is 4.74 Å². The van der Waals surface area contributed by atoms with Crippen molar-refractivity contribution in [3.05, 3.63) is 54.1 Å². The van der Waals surface area contributed by atoms with Gasteiger partial charge in [-0.05, 0) is 35.7 Å². The van der Waals surface area contributed by atoms with Gasteiger partial charge in [-0.15, -0.1) is 0 Å². The normalized spacial score (nSPS) is 16.8. The van der Waals surface area contributed by atoms with Crippen LogP contribution in [-0.4, -0.2) is 25.5 Å². The van der Waals surface area contributed by atoms with E-state index < -0.39 is 0 Å². The summed E-state index contributed by atoms with van der Waals surface area (Å²) in [6, 6.07) is 15.2. The van der Waals surface area contributed by atoms with E-state index in [-0.39, 0.29) is 24.2 Å². The first-order valence-corrected chi connectivity index (χ1v) is 8.83.